The van der Waals surface area contributed by atoms with Gasteiger partial charge in [0.2, 0.25) is 0 Å². The van der Waals surface area contributed by atoms with Gasteiger partial charge in [0.25, 0.3) is 5.91 Å². The van der Waals surface area contributed by atoms with Crippen molar-refractivity contribution >= 4 is 33.3 Å². The molecule has 2 aromatic rings. The molecule has 0 bridgehead atoms. The minimum atomic E-state index is -0.0174. The maximum Gasteiger partial charge on any atom is 0.272 e. The van der Waals surface area contributed by atoms with E-state index in [1.807, 2.05) is 29.2 Å². The number of nitrogens with zero attached hydrogens (tertiary/aromatic N) is 3. The summed E-state index contributed by atoms with van der Waals surface area (Å²) in [6.07, 6.45) is 3.67. The van der Waals surface area contributed by atoms with Crippen LogP contribution in [0.4, 0.5) is 11.5 Å². The maximum atomic E-state index is 12.6. The van der Waals surface area contributed by atoms with Gasteiger partial charge in [-0.05, 0) is 37.0 Å². The van der Waals surface area contributed by atoms with Gasteiger partial charge in [-0.1, -0.05) is 28.9 Å². The molecule has 1 saturated heterocycles. The number of anilines is 2. The Labute approximate surface area is 144 Å². The summed E-state index contributed by atoms with van der Waals surface area (Å²) in [6.45, 7) is 3.79. The van der Waals surface area contributed by atoms with Crippen LogP contribution >= 0.6 is 15.9 Å². The van der Waals surface area contributed by atoms with Crippen LogP contribution in [0, 0.1) is 5.92 Å². The van der Waals surface area contributed by atoms with Crippen LogP contribution in [0.1, 0.15) is 30.3 Å². The number of hydrogen-bond donors (Lipinski definition) is 1. The first-order valence-corrected chi connectivity index (χ1v) is 8.55. The topological polar surface area (TPSA) is 58.1 Å². The highest BCUT2D eigenvalue weighted by Crippen LogP contribution is 2.21. The second-order valence-electron chi connectivity index (χ2n) is 5.92. The van der Waals surface area contributed by atoms with Crippen molar-refractivity contribution in [2.75, 3.05) is 18.4 Å². The number of nitrogens with one attached hydrogen (secondary N) is 1. The van der Waals surface area contributed by atoms with Crippen molar-refractivity contribution in [3.8, 4) is 0 Å². The summed E-state index contributed by atoms with van der Waals surface area (Å²) in [6, 6.07) is 9.51. The highest BCUT2D eigenvalue weighted by molar-refractivity contribution is 9.10. The first-order valence-electron chi connectivity index (χ1n) is 7.76. The molecule has 1 aromatic heterocycles. The fourth-order valence-corrected chi connectivity index (χ4v) is 3.19. The minimum absolute atomic E-state index is 0.0174. The predicted molar refractivity (Wildman–Crippen MR) is 93.8 cm³/mol. The average Bonchev–Trinajstić information content (AvgIpc) is 2.54. The number of amides is 1. The Morgan fingerprint density at radius 1 is 1.35 bits per heavy atom. The number of rotatable bonds is 3. The van der Waals surface area contributed by atoms with E-state index in [0.29, 0.717) is 17.4 Å². The van der Waals surface area contributed by atoms with Gasteiger partial charge in [0.1, 0.15) is 17.8 Å². The number of piperidine rings is 1. The number of carbonyl (C=O) groups is 1. The lowest BCUT2D eigenvalue weighted by atomic mass is 10.00. The van der Waals surface area contributed by atoms with Crippen LogP contribution in [-0.4, -0.2) is 33.9 Å². The lowest BCUT2D eigenvalue weighted by Gasteiger charge is -2.30. The molecule has 2 heterocycles. The van der Waals surface area contributed by atoms with E-state index in [0.717, 1.165) is 29.7 Å². The summed E-state index contributed by atoms with van der Waals surface area (Å²) in [5.74, 6) is 1.15. The number of carbonyl (C=O) groups excluding carboxylic acids is 1. The molecule has 1 aliphatic rings. The van der Waals surface area contributed by atoms with E-state index in [1.165, 1.54) is 12.7 Å². The van der Waals surface area contributed by atoms with Gasteiger partial charge in [0.15, 0.2) is 0 Å². The Morgan fingerprint density at radius 2 is 2.22 bits per heavy atom. The molecule has 0 aliphatic carbocycles. The molecule has 3 rings (SSSR count). The van der Waals surface area contributed by atoms with E-state index in [9.17, 15) is 4.79 Å². The van der Waals surface area contributed by atoms with Crippen LogP contribution in [0.25, 0.3) is 0 Å². The zero-order valence-electron chi connectivity index (χ0n) is 13.0. The van der Waals surface area contributed by atoms with Crippen LogP contribution in [0.15, 0.2) is 41.1 Å². The van der Waals surface area contributed by atoms with Gasteiger partial charge in [-0.15, -0.1) is 0 Å². The van der Waals surface area contributed by atoms with Crippen molar-refractivity contribution in [2.24, 2.45) is 5.92 Å². The number of aromatic nitrogens is 2. The quantitative estimate of drug-likeness (QED) is 0.885. The smallest absolute Gasteiger partial charge is 0.272 e. The summed E-state index contributed by atoms with van der Waals surface area (Å²) in [5.41, 5.74) is 1.34. The van der Waals surface area contributed by atoms with E-state index < -0.39 is 0 Å². The lowest BCUT2D eigenvalue weighted by Crippen LogP contribution is -2.39. The van der Waals surface area contributed by atoms with Crippen LogP contribution in [0.3, 0.4) is 0 Å². The molecule has 23 heavy (non-hydrogen) atoms. The van der Waals surface area contributed by atoms with Gasteiger partial charge in [-0.3, -0.25) is 4.79 Å². The van der Waals surface area contributed by atoms with Gasteiger partial charge >= 0.3 is 0 Å². The van der Waals surface area contributed by atoms with Crippen LogP contribution in [-0.2, 0) is 0 Å². The molecule has 0 radical (unpaired) electrons. The molecule has 1 atom stereocenters. The summed E-state index contributed by atoms with van der Waals surface area (Å²) >= 11 is 3.44. The maximum absolute atomic E-state index is 12.6. The molecular weight excluding hydrogens is 356 g/mol. The summed E-state index contributed by atoms with van der Waals surface area (Å²) in [7, 11) is 0. The molecule has 1 N–H and O–H groups in total. The number of halogens is 1. The first kappa shape index (κ1) is 15.9. The minimum Gasteiger partial charge on any atom is -0.340 e. The summed E-state index contributed by atoms with van der Waals surface area (Å²) in [5, 5.41) is 3.20. The Kier molecular flexibility index (Phi) is 4.91. The molecule has 0 saturated carbocycles. The molecule has 120 valence electrons. The fraction of sp³-hybridized carbons (Fsp3) is 0.353. The molecule has 1 amide bonds. The van der Waals surface area contributed by atoms with Crippen molar-refractivity contribution in [3.63, 3.8) is 0 Å². The zero-order chi connectivity index (χ0) is 16.2. The van der Waals surface area contributed by atoms with Crippen LogP contribution < -0.4 is 5.32 Å². The Balaban J connectivity index is 1.75. The normalized spacial score (nSPS) is 17.8. The van der Waals surface area contributed by atoms with Crippen molar-refractivity contribution < 1.29 is 4.79 Å². The molecule has 0 spiro atoms. The Bertz CT molecular complexity index is 706. The number of benzene rings is 1. The van der Waals surface area contributed by atoms with E-state index >= 15 is 0 Å². The van der Waals surface area contributed by atoms with Gasteiger partial charge < -0.3 is 10.2 Å². The number of hydrogen-bond acceptors (Lipinski definition) is 4. The second kappa shape index (κ2) is 7.08. The van der Waals surface area contributed by atoms with Gasteiger partial charge in [-0.25, -0.2) is 9.97 Å². The third-order valence-electron chi connectivity index (χ3n) is 3.93. The van der Waals surface area contributed by atoms with Gasteiger partial charge in [-0.2, -0.15) is 0 Å². The van der Waals surface area contributed by atoms with Gasteiger partial charge in [0.05, 0.1) is 0 Å². The lowest BCUT2D eigenvalue weighted by molar-refractivity contribution is 0.0677. The van der Waals surface area contributed by atoms with E-state index in [4.69, 9.17) is 0 Å². The van der Waals surface area contributed by atoms with Crippen molar-refractivity contribution in [1.82, 2.24) is 14.9 Å². The standard InChI is InChI=1S/C17H19BrN4O/c1-12-4-3-7-22(10-12)17(23)15-9-16(20-11-19-15)21-14-6-2-5-13(18)8-14/h2,5-6,8-9,11-12H,3-4,7,10H2,1H3,(H,19,20,21). The summed E-state index contributed by atoms with van der Waals surface area (Å²) < 4.78 is 0.982. The van der Waals surface area contributed by atoms with E-state index in [2.05, 4.69) is 38.1 Å². The molecular formula is C17H19BrN4O. The molecule has 1 unspecified atom stereocenters. The molecule has 1 aliphatic heterocycles. The Hall–Kier alpha value is -1.95. The summed E-state index contributed by atoms with van der Waals surface area (Å²) in [4.78, 5) is 22.8. The first-order chi connectivity index (χ1) is 11.1. The molecule has 5 nitrogen and oxygen atoms in total. The van der Waals surface area contributed by atoms with E-state index in [1.54, 1.807) is 6.07 Å². The fourth-order valence-electron chi connectivity index (χ4n) is 2.79. The number of likely N-dealkylation sites (tertiary alicyclic amines) is 1. The average molecular weight is 375 g/mol. The third-order valence-corrected chi connectivity index (χ3v) is 4.42. The van der Waals surface area contributed by atoms with Crippen molar-refractivity contribution in [3.05, 3.63) is 46.8 Å². The van der Waals surface area contributed by atoms with Gasteiger partial charge in [0, 0.05) is 29.3 Å². The third kappa shape index (κ3) is 4.07. The predicted octanol–water partition coefficient (Wildman–Crippen LogP) is 3.85. The van der Waals surface area contributed by atoms with Crippen molar-refractivity contribution in [2.45, 2.75) is 19.8 Å². The monoisotopic (exact) mass is 374 g/mol. The largest absolute Gasteiger partial charge is 0.340 e. The molecule has 1 fully saturated rings. The van der Waals surface area contributed by atoms with Crippen LogP contribution in [0.2, 0.25) is 0 Å². The Morgan fingerprint density at radius 3 is 3.00 bits per heavy atom. The highest BCUT2D eigenvalue weighted by Gasteiger charge is 2.23. The van der Waals surface area contributed by atoms with Crippen LogP contribution in [0.5, 0.6) is 0 Å². The highest BCUT2D eigenvalue weighted by atomic mass is 79.9. The van der Waals surface area contributed by atoms with Crippen molar-refractivity contribution in [1.29, 1.82) is 0 Å². The molecule has 6 heteroatoms. The second-order valence-corrected chi connectivity index (χ2v) is 6.84. The SMILES string of the molecule is CC1CCCN(C(=O)c2cc(Nc3cccc(Br)c3)ncn2)C1. The molecule has 1 aromatic carbocycles. The zero-order valence-corrected chi connectivity index (χ0v) is 14.6. The van der Waals surface area contributed by atoms with E-state index in [-0.39, 0.29) is 5.91 Å².